The third kappa shape index (κ3) is 5.89. The summed E-state index contributed by atoms with van der Waals surface area (Å²) in [6, 6.07) is 18.9. The molecule has 4 rings (SSSR count). The first-order valence-electron chi connectivity index (χ1n) is 11.5. The first-order chi connectivity index (χ1) is 16.5. The highest BCUT2D eigenvalue weighted by Crippen LogP contribution is 2.23. The van der Waals surface area contributed by atoms with Crippen LogP contribution < -0.4 is 10.1 Å². The number of carbonyl (C=O) groups excluding carboxylic acids is 1. The second-order valence-electron chi connectivity index (χ2n) is 8.46. The van der Waals surface area contributed by atoms with Crippen molar-refractivity contribution in [2.45, 2.75) is 33.6 Å². The van der Waals surface area contributed by atoms with E-state index in [9.17, 15) is 4.79 Å². The van der Waals surface area contributed by atoms with Crippen LogP contribution in [0.5, 0.6) is 5.75 Å². The van der Waals surface area contributed by atoms with Crippen molar-refractivity contribution in [2.24, 2.45) is 5.92 Å². The molecule has 8 nitrogen and oxygen atoms in total. The average Bonchev–Trinajstić information content (AvgIpc) is 3.47. The first kappa shape index (κ1) is 23.2. The first-order valence-corrected chi connectivity index (χ1v) is 11.5. The van der Waals surface area contributed by atoms with E-state index in [1.807, 2.05) is 59.3 Å². The molecule has 8 heteroatoms. The maximum absolute atomic E-state index is 12.7. The molecule has 0 aliphatic heterocycles. The number of aryl methyl sites for hydroxylation is 2. The van der Waals surface area contributed by atoms with Crippen LogP contribution in [0.15, 0.2) is 65.1 Å². The van der Waals surface area contributed by atoms with Crippen LogP contribution in [0.2, 0.25) is 0 Å². The lowest BCUT2D eigenvalue weighted by Crippen LogP contribution is -2.28. The summed E-state index contributed by atoms with van der Waals surface area (Å²) in [5.74, 6) is 2.03. The predicted octanol–water partition coefficient (Wildman–Crippen LogP) is 4.63. The fourth-order valence-electron chi connectivity index (χ4n) is 3.49. The van der Waals surface area contributed by atoms with Crippen molar-refractivity contribution in [1.82, 2.24) is 25.3 Å². The highest BCUT2D eigenvalue weighted by molar-refractivity contribution is 5.94. The number of para-hydroxylation sites is 1. The van der Waals surface area contributed by atoms with E-state index in [1.165, 1.54) is 0 Å². The van der Waals surface area contributed by atoms with Crippen molar-refractivity contribution >= 4 is 5.91 Å². The number of nitrogens with zero attached hydrogens (tertiary/aromatic N) is 4. The molecule has 176 valence electrons. The molecule has 1 N–H and O–H groups in total. The summed E-state index contributed by atoms with van der Waals surface area (Å²) in [5, 5.41) is 15.6. The van der Waals surface area contributed by atoms with E-state index < -0.39 is 0 Å². The van der Waals surface area contributed by atoms with Crippen molar-refractivity contribution < 1.29 is 13.9 Å². The van der Waals surface area contributed by atoms with Crippen LogP contribution in [-0.2, 0) is 6.42 Å². The van der Waals surface area contributed by atoms with Crippen LogP contribution in [0.4, 0.5) is 0 Å². The van der Waals surface area contributed by atoms with Crippen LogP contribution in [0.25, 0.3) is 17.3 Å². The Bertz CT molecular complexity index is 1230. The Kier molecular flexibility index (Phi) is 7.37. The van der Waals surface area contributed by atoms with Gasteiger partial charge in [0.15, 0.2) is 0 Å². The minimum Gasteiger partial charge on any atom is -0.492 e. The van der Waals surface area contributed by atoms with Crippen molar-refractivity contribution in [3.8, 4) is 23.0 Å². The van der Waals surface area contributed by atoms with Gasteiger partial charge in [-0.3, -0.25) is 4.79 Å². The van der Waals surface area contributed by atoms with Gasteiger partial charge in [0.2, 0.25) is 5.89 Å². The molecule has 0 saturated carbocycles. The number of carbonyl (C=O) groups is 1. The number of hydrogen-bond acceptors (Lipinski definition) is 6. The zero-order chi connectivity index (χ0) is 23.9. The number of hydrogen-bond donors (Lipinski definition) is 1. The highest BCUT2D eigenvalue weighted by Gasteiger charge is 2.17. The largest absolute Gasteiger partial charge is 0.492 e. The summed E-state index contributed by atoms with van der Waals surface area (Å²) in [6.45, 7) is 6.92. The summed E-state index contributed by atoms with van der Waals surface area (Å²) in [7, 11) is 0. The van der Waals surface area contributed by atoms with Gasteiger partial charge < -0.3 is 14.5 Å². The Labute approximate surface area is 199 Å². The van der Waals surface area contributed by atoms with Crippen molar-refractivity contribution in [3.05, 3.63) is 77.8 Å². The van der Waals surface area contributed by atoms with E-state index in [2.05, 4.69) is 29.4 Å². The minimum absolute atomic E-state index is 0.165. The Balaban J connectivity index is 1.49. The number of aromatic nitrogens is 4. The summed E-state index contributed by atoms with van der Waals surface area (Å²) < 4.78 is 13.1. The van der Waals surface area contributed by atoms with Gasteiger partial charge in [-0.25, -0.2) is 4.68 Å². The van der Waals surface area contributed by atoms with Gasteiger partial charge in [-0.05, 0) is 55.2 Å². The molecule has 0 spiro atoms. The molecule has 34 heavy (non-hydrogen) atoms. The maximum Gasteiger partial charge on any atom is 0.268 e. The van der Waals surface area contributed by atoms with E-state index in [0.717, 1.165) is 30.0 Å². The summed E-state index contributed by atoms with van der Waals surface area (Å²) >= 11 is 0. The van der Waals surface area contributed by atoms with Crippen LogP contribution in [0, 0.1) is 12.8 Å². The molecule has 2 aromatic carbocycles. The van der Waals surface area contributed by atoms with Gasteiger partial charge in [-0.1, -0.05) is 38.1 Å². The SMILES string of the molecule is Cc1nnc(-c2cc(CCC(C)C)n(-c3cccc(C(=O)NCCOc4ccccc4)c3)n2)o1. The van der Waals surface area contributed by atoms with Gasteiger partial charge in [0.05, 0.1) is 12.2 Å². The maximum atomic E-state index is 12.7. The lowest BCUT2D eigenvalue weighted by molar-refractivity contribution is 0.0947. The average molecular weight is 460 g/mol. The normalized spacial score (nSPS) is 11.1. The second kappa shape index (κ2) is 10.8. The molecular formula is C26H29N5O3. The Morgan fingerprint density at radius 1 is 1.09 bits per heavy atom. The molecule has 0 saturated heterocycles. The van der Waals surface area contributed by atoms with Crippen molar-refractivity contribution in [1.29, 1.82) is 0 Å². The zero-order valence-electron chi connectivity index (χ0n) is 19.7. The molecule has 0 unspecified atom stereocenters. The van der Waals surface area contributed by atoms with Gasteiger partial charge >= 0.3 is 0 Å². The fraction of sp³-hybridized carbons (Fsp3) is 0.308. The second-order valence-corrected chi connectivity index (χ2v) is 8.46. The van der Waals surface area contributed by atoms with Crippen LogP contribution in [-0.4, -0.2) is 39.0 Å². The Morgan fingerprint density at radius 3 is 2.65 bits per heavy atom. The van der Waals surface area contributed by atoms with Crippen LogP contribution in [0.1, 0.15) is 42.2 Å². The standard InChI is InChI=1S/C26H29N5O3/c1-18(2)12-13-22-17-24(26-29-28-19(3)34-26)30-31(22)21-9-7-8-20(16-21)25(32)27-14-15-33-23-10-5-4-6-11-23/h4-11,16-18H,12-15H2,1-3H3,(H,27,32). The lowest BCUT2D eigenvalue weighted by Gasteiger charge is -2.11. The molecule has 0 radical (unpaired) electrons. The molecule has 2 heterocycles. The quantitative estimate of drug-likeness (QED) is 0.348. The van der Waals surface area contributed by atoms with Crippen LogP contribution >= 0.6 is 0 Å². The Morgan fingerprint density at radius 2 is 1.91 bits per heavy atom. The topological polar surface area (TPSA) is 95.1 Å². The smallest absolute Gasteiger partial charge is 0.268 e. The van der Waals surface area contributed by atoms with Crippen molar-refractivity contribution in [2.75, 3.05) is 13.2 Å². The molecule has 0 fully saturated rings. The molecule has 0 bridgehead atoms. The van der Waals surface area contributed by atoms with E-state index >= 15 is 0 Å². The van der Waals surface area contributed by atoms with Gasteiger partial charge in [-0.15, -0.1) is 10.2 Å². The third-order valence-electron chi connectivity index (χ3n) is 5.26. The number of amides is 1. The molecule has 0 aliphatic rings. The monoisotopic (exact) mass is 459 g/mol. The van der Waals surface area contributed by atoms with Gasteiger partial charge in [0, 0.05) is 18.2 Å². The molecule has 1 amide bonds. The molecule has 0 atom stereocenters. The lowest BCUT2D eigenvalue weighted by atomic mass is 10.1. The fourth-order valence-corrected chi connectivity index (χ4v) is 3.49. The summed E-state index contributed by atoms with van der Waals surface area (Å²) in [4.78, 5) is 12.7. The van der Waals surface area contributed by atoms with Gasteiger partial charge in [0.1, 0.15) is 18.1 Å². The predicted molar refractivity (Wildman–Crippen MR) is 129 cm³/mol. The third-order valence-corrected chi connectivity index (χ3v) is 5.26. The minimum atomic E-state index is -0.165. The van der Waals surface area contributed by atoms with Gasteiger partial charge in [0.25, 0.3) is 11.8 Å². The molecule has 2 aromatic heterocycles. The summed E-state index contributed by atoms with van der Waals surface area (Å²) in [6.07, 6.45) is 1.85. The summed E-state index contributed by atoms with van der Waals surface area (Å²) in [5.41, 5.74) is 2.99. The van der Waals surface area contributed by atoms with E-state index in [0.29, 0.717) is 42.1 Å². The Hall–Kier alpha value is -3.94. The number of ether oxygens (including phenoxy) is 1. The number of benzene rings is 2. The van der Waals surface area contributed by atoms with E-state index in [-0.39, 0.29) is 5.91 Å². The highest BCUT2D eigenvalue weighted by atomic mass is 16.5. The van der Waals surface area contributed by atoms with Gasteiger partial charge in [-0.2, -0.15) is 5.10 Å². The number of nitrogens with one attached hydrogen (secondary N) is 1. The molecule has 0 aliphatic carbocycles. The van der Waals surface area contributed by atoms with E-state index in [4.69, 9.17) is 14.3 Å². The molecular weight excluding hydrogens is 430 g/mol. The van der Waals surface area contributed by atoms with Crippen LogP contribution in [0.3, 0.4) is 0 Å². The number of rotatable bonds is 10. The molecule has 4 aromatic rings. The van der Waals surface area contributed by atoms with Crippen molar-refractivity contribution in [3.63, 3.8) is 0 Å². The van der Waals surface area contributed by atoms with E-state index in [1.54, 1.807) is 13.0 Å². The zero-order valence-corrected chi connectivity index (χ0v) is 19.7.